The molecule has 0 atom stereocenters. The molecule has 0 radical (unpaired) electrons. The molecule has 1 fully saturated rings. The van der Waals surface area contributed by atoms with Crippen molar-refractivity contribution in [3.63, 3.8) is 0 Å². The van der Waals surface area contributed by atoms with Crippen LogP contribution in [0.4, 0.5) is 0 Å². The third kappa shape index (κ3) is 4.48. The van der Waals surface area contributed by atoms with E-state index in [4.69, 9.17) is 9.84 Å². The van der Waals surface area contributed by atoms with Crippen molar-refractivity contribution in [3.05, 3.63) is 29.8 Å². The fourth-order valence-corrected chi connectivity index (χ4v) is 2.09. The van der Waals surface area contributed by atoms with Gasteiger partial charge in [-0.2, -0.15) is 0 Å². The van der Waals surface area contributed by atoms with Gasteiger partial charge in [-0.15, -0.1) is 0 Å². The summed E-state index contributed by atoms with van der Waals surface area (Å²) in [5.74, 6) is -0.467. The Morgan fingerprint density at radius 1 is 1.29 bits per heavy atom. The SMILES string of the molecule is CCCCOc1ccc(C(=O)N(CC(=O)O)C2CC2)cc1. The van der Waals surface area contributed by atoms with E-state index in [1.165, 1.54) is 4.90 Å². The van der Waals surface area contributed by atoms with Crippen LogP contribution in [0, 0.1) is 0 Å². The minimum Gasteiger partial charge on any atom is -0.494 e. The largest absolute Gasteiger partial charge is 0.494 e. The minimum atomic E-state index is -0.977. The van der Waals surface area contributed by atoms with Gasteiger partial charge < -0.3 is 14.7 Å². The lowest BCUT2D eigenvalue weighted by Gasteiger charge is -2.20. The molecule has 0 aromatic heterocycles. The Morgan fingerprint density at radius 2 is 1.95 bits per heavy atom. The highest BCUT2D eigenvalue weighted by Gasteiger charge is 2.34. The highest BCUT2D eigenvalue weighted by Crippen LogP contribution is 2.28. The zero-order valence-electron chi connectivity index (χ0n) is 12.2. The summed E-state index contributed by atoms with van der Waals surface area (Å²) in [4.78, 5) is 24.7. The van der Waals surface area contributed by atoms with E-state index in [0.29, 0.717) is 12.2 Å². The number of benzene rings is 1. The number of nitrogens with zero attached hydrogens (tertiary/aromatic N) is 1. The maximum Gasteiger partial charge on any atom is 0.323 e. The second-order valence-electron chi connectivity index (χ2n) is 5.28. The molecule has 0 heterocycles. The number of carboxylic acids is 1. The van der Waals surface area contributed by atoms with Gasteiger partial charge in [-0.1, -0.05) is 13.3 Å². The van der Waals surface area contributed by atoms with Crippen molar-refractivity contribution in [1.82, 2.24) is 4.90 Å². The average Bonchev–Trinajstić information content (AvgIpc) is 3.29. The lowest BCUT2D eigenvalue weighted by atomic mass is 10.2. The molecule has 1 aromatic carbocycles. The highest BCUT2D eigenvalue weighted by atomic mass is 16.5. The Kier molecular flexibility index (Phi) is 5.20. The van der Waals surface area contributed by atoms with Crippen LogP contribution >= 0.6 is 0 Å². The molecule has 1 aromatic rings. The Labute approximate surface area is 124 Å². The molecule has 5 nitrogen and oxygen atoms in total. The Morgan fingerprint density at radius 3 is 2.48 bits per heavy atom. The van der Waals surface area contributed by atoms with Crippen LogP contribution in [0.2, 0.25) is 0 Å². The number of carboxylic acid groups (broad SMARTS) is 1. The number of rotatable bonds is 8. The second-order valence-corrected chi connectivity index (χ2v) is 5.28. The molecule has 1 amide bonds. The Balaban J connectivity index is 1.99. The second kappa shape index (κ2) is 7.11. The lowest BCUT2D eigenvalue weighted by molar-refractivity contribution is -0.137. The fourth-order valence-electron chi connectivity index (χ4n) is 2.09. The number of hydrogen-bond acceptors (Lipinski definition) is 3. The number of carbonyl (C=O) groups excluding carboxylic acids is 1. The molecule has 2 rings (SSSR count). The average molecular weight is 291 g/mol. The summed E-state index contributed by atoms with van der Waals surface area (Å²) in [6.45, 7) is 2.52. The van der Waals surface area contributed by atoms with Crippen molar-refractivity contribution in [2.75, 3.05) is 13.2 Å². The van der Waals surface area contributed by atoms with E-state index in [1.807, 2.05) is 0 Å². The summed E-state index contributed by atoms with van der Waals surface area (Å²) >= 11 is 0. The van der Waals surface area contributed by atoms with Crippen molar-refractivity contribution in [2.24, 2.45) is 0 Å². The summed E-state index contributed by atoms with van der Waals surface area (Å²) in [6, 6.07) is 6.99. The molecule has 1 saturated carbocycles. The van der Waals surface area contributed by atoms with E-state index in [0.717, 1.165) is 31.4 Å². The van der Waals surface area contributed by atoms with Gasteiger partial charge in [-0.3, -0.25) is 9.59 Å². The van der Waals surface area contributed by atoms with E-state index < -0.39 is 5.97 Å². The molecule has 0 unspecified atom stereocenters. The molecule has 0 bridgehead atoms. The first kappa shape index (κ1) is 15.4. The van der Waals surface area contributed by atoms with E-state index in [9.17, 15) is 9.59 Å². The van der Waals surface area contributed by atoms with Gasteiger partial charge in [0.1, 0.15) is 12.3 Å². The smallest absolute Gasteiger partial charge is 0.323 e. The molecule has 5 heteroatoms. The molecule has 1 N–H and O–H groups in total. The molecule has 21 heavy (non-hydrogen) atoms. The van der Waals surface area contributed by atoms with Crippen LogP contribution in [-0.2, 0) is 4.79 Å². The number of carbonyl (C=O) groups is 2. The first-order valence-corrected chi connectivity index (χ1v) is 7.37. The monoisotopic (exact) mass is 291 g/mol. The quantitative estimate of drug-likeness (QED) is 0.747. The van der Waals surface area contributed by atoms with Crippen LogP contribution in [0.5, 0.6) is 5.75 Å². The van der Waals surface area contributed by atoms with E-state index >= 15 is 0 Å². The normalized spacial score (nSPS) is 13.8. The van der Waals surface area contributed by atoms with Gasteiger partial charge in [0.05, 0.1) is 6.61 Å². The Bertz CT molecular complexity index is 494. The zero-order chi connectivity index (χ0) is 15.2. The van der Waals surface area contributed by atoms with Crippen molar-refractivity contribution in [3.8, 4) is 5.75 Å². The standard InChI is InChI=1S/C16H21NO4/c1-2-3-10-21-14-8-4-12(5-9-14)16(20)17(11-15(18)19)13-6-7-13/h4-5,8-9,13H,2-3,6-7,10-11H2,1H3,(H,18,19). The summed E-state index contributed by atoms with van der Waals surface area (Å²) in [7, 11) is 0. The van der Waals surface area contributed by atoms with Gasteiger partial charge in [-0.25, -0.2) is 0 Å². The van der Waals surface area contributed by atoms with Crippen molar-refractivity contribution in [1.29, 1.82) is 0 Å². The third-order valence-electron chi connectivity index (χ3n) is 3.42. The molecule has 0 spiro atoms. The molecular formula is C16H21NO4. The van der Waals surface area contributed by atoms with Crippen molar-refractivity contribution < 1.29 is 19.4 Å². The Hall–Kier alpha value is -2.04. The van der Waals surface area contributed by atoms with Crippen LogP contribution in [0.15, 0.2) is 24.3 Å². The van der Waals surface area contributed by atoms with Gasteiger partial charge >= 0.3 is 5.97 Å². The lowest BCUT2D eigenvalue weighted by Crippen LogP contribution is -2.37. The van der Waals surface area contributed by atoms with Gasteiger partial charge in [-0.05, 0) is 43.5 Å². The number of unbranched alkanes of at least 4 members (excludes halogenated alkanes) is 1. The number of hydrogen-bond donors (Lipinski definition) is 1. The van der Waals surface area contributed by atoms with Crippen LogP contribution in [0.1, 0.15) is 43.0 Å². The number of ether oxygens (including phenoxy) is 1. The van der Waals surface area contributed by atoms with E-state index in [-0.39, 0.29) is 18.5 Å². The molecular weight excluding hydrogens is 270 g/mol. The van der Waals surface area contributed by atoms with Crippen molar-refractivity contribution in [2.45, 2.75) is 38.6 Å². The molecule has 0 aliphatic heterocycles. The van der Waals surface area contributed by atoms with Gasteiger partial charge in [0.25, 0.3) is 5.91 Å². The molecule has 1 aliphatic rings. The maximum absolute atomic E-state index is 12.4. The number of aliphatic carboxylic acids is 1. The molecule has 0 saturated heterocycles. The van der Waals surface area contributed by atoms with Crippen LogP contribution < -0.4 is 4.74 Å². The zero-order valence-corrected chi connectivity index (χ0v) is 12.2. The van der Waals surface area contributed by atoms with Crippen molar-refractivity contribution >= 4 is 11.9 Å². The van der Waals surface area contributed by atoms with Crippen LogP contribution in [-0.4, -0.2) is 41.1 Å². The fraction of sp³-hybridized carbons (Fsp3) is 0.500. The highest BCUT2D eigenvalue weighted by molar-refractivity contribution is 5.96. The van der Waals surface area contributed by atoms with Crippen LogP contribution in [0.25, 0.3) is 0 Å². The summed E-state index contributed by atoms with van der Waals surface area (Å²) in [6.07, 6.45) is 3.84. The summed E-state index contributed by atoms with van der Waals surface area (Å²) < 4.78 is 5.55. The molecule has 114 valence electrons. The summed E-state index contributed by atoms with van der Waals surface area (Å²) in [5.41, 5.74) is 0.506. The first-order valence-electron chi connectivity index (χ1n) is 7.37. The van der Waals surface area contributed by atoms with Gasteiger partial charge in [0, 0.05) is 11.6 Å². The topological polar surface area (TPSA) is 66.8 Å². The summed E-state index contributed by atoms with van der Waals surface area (Å²) in [5, 5.41) is 8.91. The predicted molar refractivity (Wildman–Crippen MR) is 78.5 cm³/mol. The van der Waals surface area contributed by atoms with Crippen LogP contribution in [0.3, 0.4) is 0 Å². The number of amides is 1. The van der Waals surface area contributed by atoms with E-state index in [2.05, 4.69) is 6.92 Å². The van der Waals surface area contributed by atoms with Gasteiger partial charge in [0.15, 0.2) is 0 Å². The maximum atomic E-state index is 12.4. The third-order valence-corrected chi connectivity index (χ3v) is 3.42. The molecule has 1 aliphatic carbocycles. The van der Waals surface area contributed by atoms with Gasteiger partial charge in [0.2, 0.25) is 0 Å². The predicted octanol–water partition coefficient (Wildman–Crippen LogP) is 2.55. The first-order chi connectivity index (χ1) is 10.1. The minimum absolute atomic E-state index is 0.0779. The van der Waals surface area contributed by atoms with E-state index in [1.54, 1.807) is 24.3 Å².